The number of hydrogen-bond donors (Lipinski definition) is 0. The van der Waals surface area contributed by atoms with Crippen LogP contribution in [-0.4, -0.2) is 55.7 Å². The fourth-order valence-corrected chi connectivity index (χ4v) is 6.49. The first-order valence-corrected chi connectivity index (χ1v) is 14.2. The summed E-state index contributed by atoms with van der Waals surface area (Å²) in [6, 6.07) is 13.7. The highest BCUT2D eigenvalue weighted by Crippen LogP contribution is 2.48. The second-order valence-electron chi connectivity index (χ2n) is 10.4. The van der Waals surface area contributed by atoms with E-state index >= 15 is 0 Å². The Morgan fingerprint density at radius 3 is 2.27 bits per heavy atom. The smallest absolute Gasteiger partial charge is 0.371 e. The van der Waals surface area contributed by atoms with Crippen LogP contribution in [0.25, 0.3) is 10.9 Å². The Balaban J connectivity index is 1.21. The molecule has 3 aromatic rings. The highest BCUT2D eigenvalue weighted by molar-refractivity contribution is 7.92. The molecule has 0 amide bonds. The molecule has 6 nitrogen and oxygen atoms in total. The summed E-state index contributed by atoms with van der Waals surface area (Å²) >= 11 is 0. The highest BCUT2D eigenvalue weighted by Gasteiger charge is 2.53. The largest absolute Gasteiger partial charge is 0.501 e. The van der Waals surface area contributed by atoms with Crippen LogP contribution in [0.2, 0.25) is 0 Å². The zero-order valence-electron chi connectivity index (χ0n) is 20.4. The fraction of sp³-hybridized carbons (Fsp3) is 0.444. The van der Waals surface area contributed by atoms with Crippen molar-refractivity contribution < 1.29 is 21.6 Å². The van der Waals surface area contributed by atoms with Crippen molar-refractivity contribution in [1.82, 2.24) is 9.88 Å². The summed E-state index contributed by atoms with van der Waals surface area (Å²) in [6.07, 6.45) is 7.72. The Bertz CT molecular complexity index is 1420. The van der Waals surface area contributed by atoms with Gasteiger partial charge in [0.25, 0.3) is 9.84 Å². The molecule has 6 rings (SSSR count). The van der Waals surface area contributed by atoms with Crippen LogP contribution >= 0.6 is 0 Å². The molecular formula is C27H29F3N4O2S. The van der Waals surface area contributed by atoms with Gasteiger partial charge in [0.15, 0.2) is 0 Å². The lowest BCUT2D eigenvalue weighted by molar-refractivity contribution is -0.0436. The van der Waals surface area contributed by atoms with Crippen molar-refractivity contribution in [3.05, 3.63) is 60.3 Å². The molecule has 1 aromatic heterocycles. The lowest BCUT2D eigenvalue weighted by Gasteiger charge is -2.29. The van der Waals surface area contributed by atoms with E-state index < -0.39 is 20.2 Å². The molecular weight excluding hydrogens is 501 g/mol. The van der Waals surface area contributed by atoms with Gasteiger partial charge in [0, 0.05) is 54.7 Å². The van der Waals surface area contributed by atoms with Gasteiger partial charge in [-0.1, -0.05) is 6.07 Å². The molecule has 3 fully saturated rings. The van der Waals surface area contributed by atoms with Crippen LogP contribution in [0.5, 0.6) is 0 Å². The second kappa shape index (κ2) is 8.87. The molecule has 1 aliphatic carbocycles. The Hall–Kier alpha value is -2.85. The number of piperidine rings is 1. The lowest BCUT2D eigenvalue weighted by Crippen LogP contribution is -2.32. The van der Waals surface area contributed by atoms with Crippen molar-refractivity contribution in [3.63, 3.8) is 0 Å². The topological polar surface area (TPSA) is 56.8 Å². The van der Waals surface area contributed by atoms with Crippen molar-refractivity contribution in [3.8, 4) is 0 Å². The van der Waals surface area contributed by atoms with E-state index in [1.54, 1.807) is 0 Å². The Morgan fingerprint density at radius 1 is 0.892 bits per heavy atom. The maximum absolute atomic E-state index is 12.9. The van der Waals surface area contributed by atoms with Gasteiger partial charge in [0.05, 0.1) is 17.1 Å². The number of benzene rings is 2. The minimum atomic E-state index is -5.35. The van der Waals surface area contributed by atoms with Crippen LogP contribution in [0, 0.1) is 0 Å². The predicted octanol–water partition coefficient (Wildman–Crippen LogP) is 5.33. The van der Waals surface area contributed by atoms with E-state index in [1.165, 1.54) is 42.6 Å². The van der Waals surface area contributed by atoms with E-state index in [-0.39, 0.29) is 5.54 Å². The van der Waals surface area contributed by atoms with Gasteiger partial charge in [-0.2, -0.15) is 13.2 Å². The Kier molecular flexibility index (Phi) is 5.87. The summed E-state index contributed by atoms with van der Waals surface area (Å²) in [7, 11) is -5.35. The first kappa shape index (κ1) is 24.5. The number of sulfone groups is 1. The maximum Gasteiger partial charge on any atom is 0.501 e. The third-order valence-corrected chi connectivity index (χ3v) is 9.54. The molecule has 3 aliphatic rings. The fourth-order valence-electron chi connectivity index (χ4n) is 5.73. The van der Waals surface area contributed by atoms with Gasteiger partial charge in [-0.15, -0.1) is 0 Å². The van der Waals surface area contributed by atoms with Crippen molar-refractivity contribution in [2.24, 2.45) is 0 Å². The standard InChI is InChI=1S/C27H29F3N4O2S/c28-27(29,30)37(35,36)23-7-4-21(5-8-23)33-18-26(11-12-26)34(19-33)17-20-10-13-31-25-16-22(6-9-24(20)25)32-14-2-1-3-15-32/h4-10,13,16H,1-3,11-12,14-15,17-19H2. The summed E-state index contributed by atoms with van der Waals surface area (Å²) in [6.45, 7) is 4.31. The predicted molar refractivity (Wildman–Crippen MR) is 137 cm³/mol. The molecule has 0 bridgehead atoms. The number of hydrogen-bond acceptors (Lipinski definition) is 6. The number of anilines is 2. The van der Waals surface area contributed by atoms with Crippen molar-refractivity contribution in [2.75, 3.05) is 36.1 Å². The van der Waals surface area contributed by atoms with E-state index in [9.17, 15) is 21.6 Å². The van der Waals surface area contributed by atoms with Crippen LogP contribution < -0.4 is 9.80 Å². The molecule has 0 N–H and O–H groups in total. The molecule has 2 aromatic carbocycles. The van der Waals surface area contributed by atoms with Gasteiger partial charge in [-0.25, -0.2) is 8.42 Å². The molecule has 0 radical (unpaired) electrons. The van der Waals surface area contributed by atoms with Crippen LogP contribution in [0.15, 0.2) is 59.6 Å². The third-order valence-electron chi connectivity index (χ3n) is 8.04. The van der Waals surface area contributed by atoms with Crippen molar-refractivity contribution in [1.29, 1.82) is 0 Å². The van der Waals surface area contributed by atoms with E-state index in [0.29, 0.717) is 6.67 Å². The Labute approximate surface area is 214 Å². The number of rotatable bonds is 5. The third kappa shape index (κ3) is 4.44. The lowest BCUT2D eigenvalue weighted by atomic mass is 10.1. The molecule has 2 saturated heterocycles. The first-order chi connectivity index (χ1) is 17.7. The Morgan fingerprint density at radius 2 is 1.59 bits per heavy atom. The van der Waals surface area contributed by atoms with Crippen LogP contribution in [-0.2, 0) is 16.4 Å². The molecule has 1 spiro atoms. The van der Waals surface area contributed by atoms with Gasteiger partial charge in [-0.05, 0) is 80.1 Å². The summed E-state index contributed by atoms with van der Waals surface area (Å²) in [5, 5.41) is 1.14. The van der Waals surface area contributed by atoms with Crippen LogP contribution in [0.3, 0.4) is 0 Å². The number of alkyl halides is 3. The average molecular weight is 531 g/mol. The quantitative estimate of drug-likeness (QED) is 0.445. The minimum Gasteiger partial charge on any atom is -0.371 e. The number of aromatic nitrogens is 1. The summed E-state index contributed by atoms with van der Waals surface area (Å²) in [5.74, 6) is 0. The number of nitrogens with zero attached hydrogens (tertiary/aromatic N) is 4. The van der Waals surface area contributed by atoms with E-state index in [2.05, 4.69) is 43.9 Å². The van der Waals surface area contributed by atoms with E-state index in [0.717, 1.165) is 67.7 Å². The van der Waals surface area contributed by atoms with E-state index in [4.69, 9.17) is 0 Å². The molecule has 10 heteroatoms. The minimum absolute atomic E-state index is 0.0417. The highest BCUT2D eigenvalue weighted by atomic mass is 32.2. The monoisotopic (exact) mass is 530 g/mol. The zero-order valence-corrected chi connectivity index (χ0v) is 21.2. The van der Waals surface area contributed by atoms with Gasteiger partial charge in [-0.3, -0.25) is 9.88 Å². The SMILES string of the molecule is O=S(=O)(c1ccc(N2CN(Cc3ccnc4cc(N5CCCCC5)ccc34)C3(CC3)C2)cc1)C(F)(F)F. The van der Waals surface area contributed by atoms with Crippen molar-refractivity contribution >= 4 is 32.1 Å². The van der Waals surface area contributed by atoms with E-state index in [1.807, 2.05) is 6.20 Å². The summed E-state index contributed by atoms with van der Waals surface area (Å²) in [5.41, 5.74) is -1.13. The maximum atomic E-state index is 12.9. The van der Waals surface area contributed by atoms with Gasteiger partial charge in [0.1, 0.15) is 0 Å². The zero-order chi connectivity index (χ0) is 25.8. The van der Waals surface area contributed by atoms with Gasteiger partial charge in [0.2, 0.25) is 0 Å². The molecule has 196 valence electrons. The second-order valence-corrected chi connectivity index (χ2v) is 12.4. The molecule has 0 unspecified atom stereocenters. The number of fused-ring (bicyclic) bond motifs is 1. The summed E-state index contributed by atoms with van der Waals surface area (Å²) in [4.78, 5) is 10.9. The average Bonchev–Trinajstić information content (AvgIpc) is 3.59. The summed E-state index contributed by atoms with van der Waals surface area (Å²) < 4.78 is 62.2. The molecule has 1 saturated carbocycles. The van der Waals surface area contributed by atoms with Crippen LogP contribution in [0.4, 0.5) is 24.5 Å². The first-order valence-electron chi connectivity index (χ1n) is 12.7. The van der Waals surface area contributed by atoms with Crippen molar-refractivity contribution in [2.45, 2.75) is 54.6 Å². The van der Waals surface area contributed by atoms with Gasteiger partial charge < -0.3 is 9.80 Å². The van der Waals surface area contributed by atoms with Crippen LogP contribution in [0.1, 0.15) is 37.7 Å². The molecule has 0 atom stereocenters. The molecule has 3 heterocycles. The number of halogens is 3. The van der Waals surface area contributed by atoms with Gasteiger partial charge >= 0.3 is 5.51 Å². The molecule has 2 aliphatic heterocycles. The number of pyridine rings is 1. The normalized spacial score (nSPS) is 20.2. The molecule has 37 heavy (non-hydrogen) atoms.